The lowest BCUT2D eigenvalue weighted by Crippen LogP contribution is -2.45. The van der Waals surface area contributed by atoms with Crippen molar-refractivity contribution in [1.29, 1.82) is 0 Å². The van der Waals surface area contributed by atoms with Gasteiger partial charge in [0.1, 0.15) is 12.3 Å². The molecule has 32 heavy (non-hydrogen) atoms. The minimum atomic E-state index is -3.95. The number of fused-ring (bicyclic) bond motifs is 1. The number of nitrogens with zero attached hydrogens (tertiary/aromatic N) is 2. The Balaban J connectivity index is 1.70. The van der Waals surface area contributed by atoms with E-state index >= 15 is 0 Å². The van der Waals surface area contributed by atoms with Crippen LogP contribution < -0.4 is 13.9 Å². The summed E-state index contributed by atoms with van der Waals surface area (Å²) >= 11 is 0. The third kappa shape index (κ3) is 4.21. The summed E-state index contributed by atoms with van der Waals surface area (Å²) in [4.78, 5) is 15.3. The van der Waals surface area contributed by atoms with Crippen molar-refractivity contribution in [2.24, 2.45) is 0 Å². The average molecular weight is 451 g/mol. The van der Waals surface area contributed by atoms with Crippen molar-refractivity contribution in [2.45, 2.75) is 31.2 Å². The third-order valence-corrected chi connectivity index (χ3v) is 7.31. The smallest absolute Gasteiger partial charge is 0.264 e. The van der Waals surface area contributed by atoms with E-state index in [9.17, 15) is 13.2 Å². The first kappa shape index (κ1) is 21.9. The third-order valence-electron chi connectivity index (χ3n) is 5.52. The molecule has 3 aromatic carbocycles. The second-order valence-corrected chi connectivity index (χ2v) is 9.56. The summed E-state index contributed by atoms with van der Waals surface area (Å²) in [7, 11) is -3.95. The van der Waals surface area contributed by atoms with Gasteiger partial charge in [0.15, 0.2) is 0 Å². The van der Waals surface area contributed by atoms with Gasteiger partial charge in [-0.2, -0.15) is 0 Å². The van der Waals surface area contributed by atoms with E-state index in [0.717, 1.165) is 17.7 Å². The van der Waals surface area contributed by atoms with Crippen molar-refractivity contribution >= 4 is 27.3 Å². The van der Waals surface area contributed by atoms with E-state index in [1.54, 1.807) is 47.4 Å². The van der Waals surface area contributed by atoms with E-state index < -0.39 is 10.0 Å². The fourth-order valence-corrected chi connectivity index (χ4v) is 5.49. The zero-order chi connectivity index (χ0) is 22.7. The molecule has 1 aliphatic heterocycles. The Morgan fingerprint density at radius 1 is 1.00 bits per heavy atom. The summed E-state index contributed by atoms with van der Waals surface area (Å²) in [5.74, 6) is 0.373. The van der Waals surface area contributed by atoms with Gasteiger partial charge in [0.2, 0.25) is 5.91 Å². The van der Waals surface area contributed by atoms with Crippen LogP contribution in [0.2, 0.25) is 0 Å². The Bertz CT molecular complexity index is 1190. The van der Waals surface area contributed by atoms with E-state index in [2.05, 4.69) is 0 Å². The molecule has 1 amide bonds. The van der Waals surface area contributed by atoms with Gasteiger partial charge in [-0.3, -0.25) is 9.10 Å². The molecule has 1 atom stereocenters. The number of benzene rings is 3. The van der Waals surface area contributed by atoms with Crippen molar-refractivity contribution in [2.75, 3.05) is 22.4 Å². The Morgan fingerprint density at radius 2 is 1.66 bits per heavy atom. The maximum absolute atomic E-state index is 13.5. The summed E-state index contributed by atoms with van der Waals surface area (Å²) in [6.45, 7) is 4.07. The van der Waals surface area contributed by atoms with Gasteiger partial charge in [-0.1, -0.05) is 36.4 Å². The number of para-hydroxylation sites is 1. The summed E-state index contributed by atoms with van der Waals surface area (Å²) in [5, 5.41) is 0. The van der Waals surface area contributed by atoms with Crippen LogP contribution in [-0.4, -0.2) is 33.5 Å². The number of hydrogen-bond acceptors (Lipinski definition) is 4. The Morgan fingerprint density at radius 3 is 2.34 bits per heavy atom. The molecule has 0 saturated carbocycles. The highest BCUT2D eigenvalue weighted by molar-refractivity contribution is 7.92. The van der Waals surface area contributed by atoms with Crippen LogP contribution in [0.5, 0.6) is 5.75 Å². The van der Waals surface area contributed by atoms with Crippen LogP contribution >= 0.6 is 0 Å². The van der Waals surface area contributed by atoms with Crippen LogP contribution in [0.3, 0.4) is 0 Å². The van der Waals surface area contributed by atoms with Crippen LogP contribution in [0.4, 0.5) is 11.4 Å². The molecule has 0 radical (unpaired) electrons. The van der Waals surface area contributed by atoms with Gasteiger partial charge >= 0.3 is 0 Å². The van der Waals surface area contributed by atoms with Crippen LogP contribution in [0.15, 0.2) is 83.8 Å². The maximum Gasteiger partial charge on any atom is 0.264 e. The zero-order valence-electron chi connectivity index (χ0n) is 18.1. The number of ether oxygens (including phenoxy) is 1. The standard InChI is InChI=1S/C25H26N2O4S/c1-3-31-22-15-13-21(14-16-22)26(32(29,30)23-10-5-4-6-11-23)18-25(28)27-19(2)17-20-9-7-8-12-24(20)27/h4-16,19H,3,17-18H2,1-2H3. The molecule has 0 aromatic heterocycles. The first-order chi connectivity index (χ1) is 15.4. The molecular weight excluding hydrogens is 424 g/mol. The Hall–Kier alpha value is -3.32. The van der Waals surface area contributed by atoms with Gasteiger partial charge in [0.05, 0.1) is 17.2 Å². The molecule has 7 heteroatoms. The number of sulfonamides is 1. The lowest BCUT2D eigenvalue weighted by atomic mass is 10.1. The topological polar surface area (TPSA) is 66.9 Å². The van der Waals surface area contributed by atoms with Crippen LogP contribution in [-0.2, 0) is 21.2 Å². The molecule has 0 bridgehead atoms. The maximum atomic E-state index is 13.5. The SMILES string of the molecule is CCOc1ccc(N(CC(=O)N2c3ccccc3CC2C)S(=O)(=O)c2ccccc2)cc1. The average Bonchev–Trinajstić information content (AvgIpc) is 3.14. The Kier molecular flexibility index (Phi) is 6.19. The summed E-state index contributed by atoms with van der Waals surface area (Å²) in [6.07, 6.45) is 0.746. The quantitative estimate of drug-likeness (QED) is 0.540. The highest BCUT2D eigenvalue weighted by Gasteiger charge is 2.34. The number of anilines is 2. The molecular formula is C25H26N2O4S. The largest absolute Gasteiger partial charge is 0.494 e. The number of carbonyl (C=O) groups excluding carboxylic acids is 1. The van der Waals surface area contributed by atoms with Crippen molar-refractivity contribution in [3.8, 4) is 5.75 Å². The lowest BCUT2D eigenvalue weighted by Gasteiger charge is -2.29. The molecule has 0 fully saturated rings. The molecule has 0 N–H and O–H groups in total. The van der Waals surface area contributed by atoms with E-state index in [4.69, 9.17) is 4.74 Å². The summed E-state index contributed by atoms with van der Waals surface area (Å²) in [6, 6.07) is 22.6. The van der Waals surface area contributed by atoms with Crippen LogP contribution in [0.25, 0.3) is 0 Å². The highest BCUT2D eigenvalue weighted by Crippen LogP contribution is 2.33. The number of rotatable bonds is 7. The second kappa shape index (κ2) is 9.04. The minimum Gasteiger partial charge on any atom is -0.494 e. The molecule has 166 valence electrons. The highest BCUT2D eigenvalue weighted by atomic mass is 32.2. The van der Waals surface area contributed by atoms with Crippen molar-refractivity contribution in [3.05, 3.63) is 84.4 Å². The van der Waals surface area contributed by atoms with Gasteiger partial charge in [0, 0.05) is 11.7 Å². The fourth-order valence-electron chi connectivity index (χ4n) is 4.05. The first-order valence-electron chi connectivity index (χ1n) is 10.6. The van der Waals surface area contributed by atoms with Gasteiger partial charge in [-0.25, -0.2) is 8.42 Å². The molecule has 1 heterocycles. The van der Waals surface area contributed by atoms with Crippen molar-refractivity contribution in [3.63, 3.8) is 0 Å². The number of hydrogen-bond donors (Lipinski definition) is 0. The van der Waals surface area contributed by atoms with Gasteiger partial charge < -0.3 is 9.64 Å². The van der Waals surface area contributed by atoms with Gasteiger partial charge in [-0.15, -0.1) is 0 Å². The monoisotopic (exact) mass is 450 g/mol. The van der Waals surface area contributed by atoms with E-state index in [1.807, 2.05) is 38.1 Å². The second-order valence-electron chi connectivity index (χ2n) is 7.70. The lowest BCUT2D eigenvalue weighted by molar-refractivity contribution is -0.117. The minimum absolute atomic E-state index is 0.0403. The molecule has 0 spiro atoms. The Labute approximate surface area is 189 Å². The normalized spacial score (nSPS) is 15.3. The van der Waals surface area contributed by atoms with Crippen molar-refractivity contribution < 1.29 is 17.9 Å². The fraction of sp³-hybridized carbons (Fsp3) is 0.240. The number of carbonyl (C=O) groups is 1. The van der Waals surface area contributed by atoms with E-state index in [-0.39, 0.29) is 23.4 Å². The van der Waals surface area contributed by atoms with Gasteiger partial charge in [-0.05, 0) is 68.3 Å². The molecule has 1 aliphatic rings. The molecule has 0 saturated heterocycles. The molecule has 6 nitrogen and oxygen atoms in total. The van der Waals surface area contributed by atoms with Crippen LogP contribution in [0, 0.1) is 0 Å². The van der Waals surface area contributed by atoms with E-state index in [1.165, 1.54) is 16.4 Å². The van der Waals surface area contributed by atoms with Gasteiger partial charge in [0.25, 0.3) is 10.0 Å². The molecule has 1 unspecified atom stereocenters. The molecule has 3 aromatic rings. The molecule has 0 aliphatic carbocycles. The van der Waals surface area contributed by atoms with Crippen LogP contribution in [0.1, 0.15) is 19.4 Å². The summed E-state index contributed by atoms with van der Waals surface area (Å²) in [5.41, 5.74) is 2.34. The van der Waals surface area contributed by atoms with E-state index in [0.29, 0.717) is 18.0 Å². The first-order valence-corrected chi connectivity index (χ1v) is 12.1. The van der Waals surface area contributed by atoms with Crippen molar-refractivity contribution in [1.82, 2.24) is 0 Å². The zero-order valence-corrected chi connectivity index (χ0v) is 19.0. The summed E-state index contributed by atoms with van der Waals surface area (Å²) < 4.78 is 33.7. The predicted molar refractivity (Wildman–Crippen MR) is 126 cm³/mol. The number of amides is 1. The molecule has 4 rings (SSSR count). The predicted octanol–water partition coefficient (Wildman–Crippen LogP) is 4.26.